The lowest BCUT2D eigenvalue weighted by Gasteiger charge is -2.10. The molecule has 0 amide bonds. The molecule has 0 aliphatic heterocycles. The normalized spacial score (nSPS) is 12.3. The molecule has 0 spiro atoms. The molecule has 1 unspecified atom stereocenters. The maximum atomic E-state index is 10.8. The van der Waals surface area contributed by atoms with Crippen LogP contribution in [0.25, 0.3) is 0 Å². The molecule has 1 atom stereocenters. The Labute approximate surface area is 126 Å². The van der Waals surface area contributed by atoms with Gasteiger partial charge in [0.2, 0.25) is 0 Å². The van der Waals surface area contributed by atoms with Gasteiger partial charge in [-0.1, -0.05) is 51.5 Å². The second-order valence-electron chi connectivity index (χ2n) is 5.51. The summed E-state index contributed by atoms with van der Waals surface area (Å²) < 4.78 is 0. The molecule has 1 rings (SSSR count). The Morgan fingerprint density at radius 3 is 2.33 bits per heavy atom. The van der Waals surface area contributed by atoms with Crippen LogP contribution >= 0.6 is 0 Å². The molecular weight excluding hydrogens is 268 g/mol. The predicted octanol–water partition coefficient (Wildman–Crippen LogP) is 3.80. The van der Waals surface area contributed by atoms with E-state index in [1.165, 1.54) is 38.2 Å². The predicted molar refractivity (Wildman–Crippen MR) is 82.4 cm³/mol. The second-order valence-corrected chi connectivity index (χ2v) is 5.51. The van der Waals surface area contributed by atoms with Crippen LogP contribution in [0.3, 0.4) is 0 Å². The summed E-state index contributed by atoms with van der Waals surface area (Å²) in [7, 11) is 0. The summed E-state index contributed by atoms with van der Waals surface area (Å²) in [6, 6.07) is 4.83. The first-order valence-corrected chi connectivity index (χ1v) is 7.79. The summed E-state index contributed by atoms with van der Waals surface area (Å²) in [4.78, 5) is 10.8. The van der Waals surface area contributed by atoms with Gasteiger partial charge in [-0.3, -0.25) is 0 Å². The van der Waals surface area contributed by atoms with Gasteiger partial charge in [-0.05, 0) is 30.5 Å². The second kappa shape index (κ2) is 9.40. The van der Waals surface area contributed by atoms with E-state index >= 15 is 0 Å². The highest BCUT2D eigenvalue weighted by molar-refractivity contribution is 5.75. The number of aliphatic hydroxyl groups is 1. The lowest BCUT2D eigenvalue weighted by atomic mass is 10.00. The Morgan fingerprint density at radius 2 is 1.71 bits per heavy atom. The van der Waals surface area contributed by atoms with Crippen molar-refractivity contribution in [3.05, 3.63) is 29.3 Å². The van der Waals surface area contributed by atoms with Crippen LogP contribution in [-0.2, 0) is 11.2 Å². The number of aromatic hydroxyl groups is 1. The Balaban J connectivity index is 2.42. The first-order valence-electron chi connectivity index (χ1n) is 7.79. The fraction of sp³-hybridized carbons (Fsp3) is 0.588. The van der Waals surface area contributed by atoms with Crippen molar-refractivity contribution in [2.75, 3.05) is 0 Å². The molecular formula is C17H26O4. The summed E-state index contributed by atoms with van der Waals surface area (Å²) in [6.07, 6.45) is 7.71. The number of aryl methyl sites for hydroxylation is 1. The smallest absolute Gasteiger partial charge is 0.337 e. The molecule has 0 aromatic heterocycles. The highest BCUT2D eigenvalue weighted by Gasteiger charge is 2.19. The number of carbonyl (C=O) groups is 1. The number of benzene rings is 1. The van der Waals surface area contributed by atoms with Crippen molar-refractivity contribution in [3.8, 4) is 5.75 Å². The van der Waals surface area contributed by atoms with E-state index in [1.807, 2.05) is 0 Å². The molecule has 4 nitrogen and oxygen atoms in total. The standard InChI is InChI=1S/C17H26O4/c1-2-3-4-5-6-7-8-9-13-10-11-15(18)14(12-13)16(19)17(20)21/h10-12,16,18-19H,2-9H2,1H3,(H,20,21). The SMILES string of the molecule is CCCCCCCCCc1ccc(O)c(C(O)C(=O)O)c1. The molecule has 0 saturated carbocycles. The summed E-state index contributed by atoms with van der Waals surface area (Å²) in [5, 5.41) is 28.0. The van der Waals surface area contributed by atoms with Gasteiger partial charge in [0.25, 0.3) is 0 Å². The summed E-state index contributed by atoms with van der Waals surface area (Å²) in [5.74, 6) is -1.52. The van der Waals surface area contributed by atoms with Crippen LogP contribution in [0.15, 0.2) is 18.2 Å². The van der Waals surface area contributed by atoms with Gasteiger partial charge in [0, 0.05) is 5.56 Å². The number of hydrogen-bond donors (Lipinski definition) is 3. The number of hydrogen-bond acceptors (Lipinski definition) is 3. The lowest BCUT2D eigenvalue weighted by Crippen LogP contribution is -2.11. The van der Waals surface area contributed by atoms with Crippen LogP contribution in [0.1, 0.15) is 69.1 Å². The minimum Gasteiger partial charge on any atom is -0.508 e. The van der Waals surface area contributed by atoms with Gasteiger partial charge in [0.1, 0.15) is 5.75 Å². The topological polar surface area (TPSA) is 77.8 Å². The third kappa shape index (κ3) is 6.17. The van der Waals surface area contributed by atoms with E-state index in [2.05, 4.69) is 6.92 Å². The van der Waals surface area contributed by atoms with Crippen LogP contribution in [0.2, 0.25) is 0 Å². The molecule has 21 heavy (non-hydrogen) atoms. The fourth-order valence-corrected chi connectivity index (χ4v) is 2.40. The van der Waals surface area contributed by atoms with Gasteiger partial charge in [0.05, 0.1) is 0 Å². The van der Waals surface area contributed by atoms with E-state index in [1.54, 1.807) is 12.1 Å². The number of phenolic OH excluding ortho intramolecular Hbond substituents is 1. The highest BCUT2D eigenvalue weighted by atomic mass is 16.4. The van der Waals surface area contributed by atoms with Gasteiger partial charge in [0.15, 0.2) is 6.10 Å². The average molecular weight is 294 g/mol. The Bertz CT molecular complexity index is 442. The average Bonchev–Trinajstić information content (AvgIpc) is 2.47. The van der Waals surface area contributed by atoms with Crippen LogP contribution in [0.4, 0.5) is 0 Å². The molecule has 1 aromatic rings. The Morgan fingerprint density at radius 1 is 1.10 bits per heavy atom. The molecule has 0 aliphatic carbocycles. The third-order valence-electron chi connectivity index (χ3n) is 3.69. The lowest BCUT2D eigenvalue weighted by molar-refractivity contribution is -0.147. The molecule has 118 valence electrons. The first-order chi connectivity index (χ1) is 10.1. The number of phenols is 1. The first kappa shape index (κ1) is 17.5. The van der Waals surface area contributed by atoms with Gasteiger partial charge in [-0.15, -0.1) is 0 Å². The number of carboxylic acid groups (broad SMARTS) is 1. The van der Waals surface area contributed by atoms with Crippen LogP contribution in [-0.4, -0.2) is 21.3 Å². The molecule has 1 aromatic carbocycles. The maximum absolute atomic E-state index is 10.8. The van der Waals surface area contributed by atoms with Gasteiger partial charge in [-0.25, -0.2) is 4.79 Å². The van der Waals surface area contributed by atoms with Crippen molar-refractivity contribution >= 4 is 5.97 Å². The Hall–Kier alpha value is -1.55. The Kier molecular flexibility index (Phi) is 7.83. The molecule has 0 bridgehead atoms. The van der Waals surface area contributed by atoms with Gasteiger partial charge >= 0.3 is 5.97 Å². The highest BCUT2D eigenvalue weighted by Crippen LogP contribution is 2.26. The van der Waals surface area contributed by atoms with Gasteiger partial charge in [-0.2, -0.15) is 0 Å². The van der Waals surface area contributed by atoms with Crippen molar-refractivity contribution in [1.29, 1.82) is 0 Å². The molecule has 0 saturated heterocycles. The van der Waals surface area contributed by atoms with E-state index in [-0.39, 0.29) is 11.3 Å². The van der Waals surface area contributed by atoms with Crippen molar-refractivity contribution in [1.82, 2.24) is 0 Å². The van der Waals surface area contributed by atoms with Crippen molar-refractivity contribution in [2.24, 2.45) is 0 Å². The number of rotatable bonds is 10. The van der Waals surface area contributed by atoms with E-state index in [9.17, 15) is 15.0 Å². The third-order valence-corrected chi connectivity index (χ3v) is 3.69. The largest absolute Gasteiger partial charge is 0.508 e. The quantitative estimate of drug-likeness (QED) is 0.573. The van der Waals surface area contributed by atoms with E-state index in [4.69, 9.17) is 5.11 Å². The molecule has 3 N–H and O–H groups in total. The fourth-order valence-electron chi connectivity index (χ4n) is 2.40. The monoisotopic (exact) mass is 294 g/mol. The molecule has 4 heteroatoms. The number of aliphatic hydroxyl groups excluding tert-OH is 1. The summed E-state index contributed by atoms with van der Waals surface area (Å²) in [6.45, 7) is 2.20. The zero-order chi connectivity index (χ0) is 15.7. The van der Waals surface area contributed by atoms with E-state index in [0.717, 1.165) is 24.8 Å². The molecule has 0 radical (unpaired) electrons. The summed E-state index contributed by atoms with van der Waals surface area (Å²) in [5.41, 5.74) is 1.03. The van der Waals surface area contributed by atoms with Crippen LogP contribution in [0, 0.1) is 0 Å². The minimum atomic E-state index is -1.67. The summed E-state index contributed by atoms with van der Waals surface area (Å²) >= 11 is 0. The van der Waals surface area contributed by atoms with Gasteiger partial charge < -0.3 is 15.3 Å². The minimum absolute atomic E-state index is 0.0722. The number of carboxylic acids is 1. The molecule has 0 heterocycles. The van der Waals surface area contributed by atoms with Crippen molar-refractivity contribution in [2.45, 2.75) is 64.4 Å². The number of unbranched alkanes of at least 4 members (excludes halogenated alkanes) is 6. The van der Waals surface area contributed by atoms with E-state index in [0.29, 0.717) is 0 Å². The zero-order valence-corrected chi connectivity index (χ0v) is 12.7. The molecule has 0 aliphatic rings. The molecule has 0 fully saturated rings. The van der Waals surface area contributed by atoms with Crippen molar-refractivity contribution < 1.29 is 20.1 Å². The van der Waals surface area contributed by atoms with Crippen LogP contribution < -0.4 is 0 Å². The van der Waals surface area contributed by atoms with E-state index < -0.39 is 12.1 Å². The zero-order valence-electron chi connectivity index (χ0n) is 12.7. The number of aliphatic carboxylic acids is 1. The van der Waals surface area contributed by atoms with Crippen LogP contribution in [0.5, 0.6) is 5.75 Å². The van der Waals surface area contributed by atoms with Crippen molar-refractivity contribution in [3.63, 3.8) is 0 Å². The maximum Gasteiger partial charge on any atom is 0.337 e.